The van der Waals surface area contributed by atoms with Crippen LogP contribution in [0.25, 0.3) is 11.3 Å². The summed E-state index contributed by atoms with van der Waals surface area (Å²) < 4.78 is 6.91. The molecule has 124 valence electrons. The number of rotatable bonds is 4. The number of hydrogen-bond acceptors (Lipinski definition) is 8. The van der Waals surface area contributed by atoms with Crippen molar-refractivity contribution in [1.29, 1.82) is 0 Å². The van der Waals surface area contributed by atoms with Gasteiger partial charge < -0.3 is 25.2 Å². The molecule has 0 aliphatic carbocycles. The van der Waals surface area contributed by atoms with Crippen molar-refractivity contribution in [3.05, 3.63) is 30.7 Å². The lowest BCUT2D eigenvalue weighted by atomic mass is 9.95. The molecule has 1 aliphatic heterocycles. The Morgan fingerprint density at radius 2 is 1.91 bits per heavy atom. The zero-order valence-corrected chi connectivity index (χ0v) is 12.2. The summed E-state index contributed by atoms with van der Waals surface area (Å²) in [6.45, 7) is -0.339. The van der Waals surface area contributed by atoms with Crippen LogP contribution in [-0.2, 0) is 11.3 Å². The fourth-order valence-corrected chi connectivity index (χ4v) is 2.55. The maximum Gasteiger partial charge on any atom is 0.114 e. The van der Waals surface area contributed by atoms with E-state index in [-0.39, 0.29) is 6.54 Å². The smallest absolute Gasteiger partial charge is 0.114 e. The van der Waals surface area contributed by atoms with Gasteiger partial charge in [-0.2, -0.15) is 0 Å². The minimum atomic E-state index is -1.40. The van der Waals surface area contributed by atoms with Crippen LogP contribution in [0.15, 0.2) is 30.7 Å². The van der Waals surface area contributed by atoms with Gasteiger partial charge in [-0.3, -0.25) is 4.98 Å². The summed E-state index contributed by atoms with van der Waals surface area (Å²) >= 11 is 0. The molecule has 1 fully saturated rings. The third-order valence-corrected chi connectivity index (χ3v) is 3.85. The number of aromatic nitrogens is 4. The van der Waals surface area contributed by atoms with E-state index < -0.39 is 37.1 Å². The molecule has 9 nitrogen and oxygen atoms in total. The normalized spacial score (nSPS) is 31.2. The number of aliphatic hydroxyl groups is 4. The van der Waals surface area contributed by atoms with Crippen molar-refractivity contribution in [3.63, 3.8) is 0 Å². The summed E-state index contributed by atoms with van der Waals surface area (Å²) in [5, 5.41) is 46.7. The highest BCUT2D eigenvalue weighted by Gasteiger charge is 2.43. The van der Waals surface area contributed by atoms with Gasteiger partial charge >= 0.3 is 0 Å². The first-order valence-electron chi connectivity index (χ1n) is 7.21. The predicted octanol–water partition coefficient (Wildman–Crippen LogP) is -1.82. The summed E-state index contributed by atoms with van der Waals surface area (Å²) in [4.78, 5) is 4.01. The Labute approximate surface area is 131 Å². The van der Waals surface area contributed by atoms with Crippen molar-refractivity contribution in [2.45, 2.75) is 37.1 Å². The third kappa shape index (κ3) is 3.23. The summed E-state index contributed by atoms with van der Waals surface area (Å²) in [6, 6.07) is 3.63. The van der Waals surface area contributed by atoms with E-state index in [1.165, 1.54) is 4.68 Å². The largest absolute Gasteiger partial charge is 0.394 e. The molecule has 0 spiro atoms. The van der Waals surface area contributed by atoms with Gasteiger partial charge in [0.2, 0.25) is 0 Å². The Morgan fingerprint density at radius 1 is 1.13 bits per heavy atom. The average molecular weight is 322 g/mol. The van der Waals surface area contributed by atoms with Crippen molar-refractivity contribution in [2.75, 3.05) is 6.61 Å². The summed E-state index contributed by atoms with van der Waals surface area (Å²) in [5.74, 6) is 0. The number of aliphatic hydroxyl groups excluding tert-OH is 4. The van der Waals surface area contributed by atoms with Crippen LogP contribution in [-0.4, -0.2) is 77.5 Å². The second kappa shape index (κ2) is 6.69. The van der Waals surface area contributed by atoms with Crippen LogP contribution >= 0.6 is 0 Å². The molecule has 0 bridgehead atoms. The topological polar surface area (TPSA) is 134 Å². The molecule has 0 aromatic carbocycles. The molecule has 0 amide bonds. The third-order valence-electron chi connectivity index (χ3n) is 3.85. The molecule has 4 N–H and O–H groups in total. The van der Waals surface area contributed by atoms with Crippen molar-refractivity contribution in [3.8, 4) is 11.3 Å². The molecule has 2 aromatic rings. The Bertz CT molecular complexity index is 635. The van der Waals surface area contributed by atoms with Crippen LogP contribution in [0.5, 0.6) is 0 Å². The molecule has 1 saturated heterocycles. The molecule has 0 unspecified atom stereocenters. The lowest BCUT2D eigenvalue weighted by Gasteiger charge is -2.39. The standard InChI is InChI=1S/C14H18N4O5/c19-7-11-13(21)14(22)12(20)10(23-11)6-18-5-9(16-17-18)8-2-1-3-15-4-8/h1-5,10-14,19-22H,6-7H2/t10-,11-,12-,13-,14-/m1/s1. The van der Waals surface area contributed by atoms with E-state index in [0.717, 1.165) is 5.56 Å². The first-order chi connectivity index (χ1) is 11.1. The molecule has 23 heavy (non-hydrogen) atoms. The van der Waals surface area contributed by atoms with Gasteiger partial charge in [0.15, 0.2) is 0 Å². The summed E-state index contributed by atoms with van der Waals surface area (Å²) in [7, 11) is 0. The van der Waals surface area contributed by atoms with Gasteiger partial charge in [0, 0.05) is 18.0 Å². The van der Waals surface area contributed by atoms with Crippen LogP contribution in [0.1, 0.15) is 0 Å². The van der Waals surface area contributed by atoms with Crippen molar-refractivity contribution < 1.29 is 25.2 Å². The molecule has 1 aliphatic rings. The van der Waals surface area contributed by atoms with Crippen LogP contribution < -0.4 is 0 Å². The van der Waals surface area contributed by atoms with Crippen molar-refractivity contribution >= 4 is 0 Å². The van der Waals surface area contributed by atoms with Gasteiger partial charge in [-0.15, -0.1) is 5.10 Å². The van der Waals surface area contributed by atoms with Gasteiger partial charge in [-0.25, -0.2) is 4.68 Å². The first-order valence-corrected chi connectivity index (χ1v) is 7.21. The molecule has 3 heterocycles. The van der Waals surface area contributed by atoms with E-state index in [1.807, 2.05) is 6.07 Å². The summed E-state index contributed by atoms with van der Waals surface area (Å²) in [6.07, 6.45) is -0.838. The molecule has 2 aromatic heterocycles. The minimum Gasteiger partial charge on any atom is -0.394 e. The Hall–Kier alpha value is -1.91. The van der Waals surface area contributed by atoms with E-state index in [1.54, 1.807) is 24.7 Å². The monoisotopic (exact) mass is 322 g/mol. The van der Waals surface area contributed by atoms with Crippen LogP contribution in [0.3, 0.4) is 0 Å². The van der Waals surface area contributed by atoms with Gasteiger partial charge in [0.05, 0.1) is 19.3 Å². The van der Waals surface area contributed by atoms with E-state index >= 15 is 0 Å². The minimum absolute atomic E-state index is 0.120. The molecule has 5 atom stereocenters. The average Bonchev–Trinajstić information content (AvgIpc) is 3.05. The first kappa shape index (κ1) is 16.0. The molecule has 0 saturated carbocycles. The number of pyridine rings is 1. The van der Waals surface area contributed by atoms with Crippen LogP contribution in [0.2, 0.25) is 0 Å². The van der Waals surface area contributed by atoms with Crippen LogP contribution in [0.4, 0.5) is 0 Å². The maximum absolute atomic E-state index is 10.0. The highest BCUT2D eigenvalue weighted by molar-refractivity contribution is 5.55. The Kier molecular flexibility index (Phi) is 4.64. The highest BCUT2D eigenvalue weighted by atomic mass is 16.5. The zero-order valence-electron chi connectivity index (χ0n) is 12.2. The molecule has 3 rings (SSSR count). The van der Waals surface area contributed by atoms with Gasteiger partial charge in [0.25, 0.3) is 0 Å². The quantitative estimate of drug-likeness (QED) is 0.517. The Balaban J connectivity index is 1.73. The molecular formula is C14H18N4O5. The van der Waals surface area contributed by atoms with Crippen LogP contribution in [0, 0.1) is 0 Å². The number of hydrogen-bond donors (Lipinski definition) is 4. The lowest BCUT2D eigenvalue weighted by Crippen LogP contribution is -2.59. The SMILES string of the molecule is OC[C@H]1O[C@H](Cn2cc(-c3cccnc3)nn2)[C@@H](O)[C@@H](O)[C@@H]1O. The Morgan fingerprint density at radius 3 is 2.61 bits per heavy atom. The lowest BCUT2D eigenvalue weighted by molar-refractivity contribution is -0.232. The summed E-state index contributed by atoms with van der Waals surface area (Å²) in [5.41, 5.74) is 1.41. The molecular weight excluding hydrogens is 304 g/mol. The second-order valence-corrected chi connectivity index (χ2v) is 5.43. The van der Waals surface area contributed by atoms with Crippen molar-refractivity contribution in [2.24, 2.45) is 0 Å². The van der Waals surface area contributed by atoms with Gasteiger partial charge in [0.1, 0.15) is 36.2 Å². The van der Waals surface area contributed by atoms with Crippen molar-refractivity contribution in [1.82, 2.24) is 20.0 Å². The van der Waals surface area contributed by atoms with E-state index in [0.29, 0.717) is 5.69 Å². The maximum atomic E-state index is 10.0. The highest BCUT2D eigenvalue weighted by Crippen LogP contribution is 2.22. The van der Waals surface area contributed by atoms with E-state index in [4.69, 9.17) is 4.74 Å². The predicted molar refractivity (Wildman–Crippen MR) is 77.0 cm³/mol. The second-order valence-electron chi connectivity index (χ2n) is 5.43. The zero-order chi connectivity index (χ0) is 16.4. The van der Waals surface area contributed by atoms with Gasteiger partial charge in [-0.1, -0.05) is 5.21 Å². The van der Waals surface area contributed by atoms with Gasteiger partial charge in [-0.05, 0) is 12.1 Å². The number of ether oxygens (including phenoxy) is 1. The van der Waals surface area contributed by atoms with E-state index in [9.17, 15) is 20.4 Å². The number of nitrogens with zero attached hydrogens (tertiary/aromatic N) is 4. The molecule has 9 heteroatoms. The van der Waals surface area contributed by atoms with E-state index in [2.05, 4.69) is 15.3 Å². The fourth-order valence-electron chi connectivity index (χ4n) is 2.55. The molecule has 0 radical (unpaired) electrons. The fraction of sp³-hybridized carbons (Fsp3) is 0.500.